The number of hydrogen-bond acceptors (Lipinski definition) is 20. The lowest BCUT2D eigenvalue weighted by molar-refractivity contribution is -0.318. The van der Waals surface area contributed by atoms with Crippen LogP contribution in [0.2, 0.25) is 0 Å². The molecule has 4 fully saturated rings. The maximum atomic E-state index is 14.5. The predicted molar refractivity (Wildman–Crippen MR) is 275 cm³/mol. The van der Waals surface area contributed by atoms with Crippen molar-refractivity contribution in [3.05, 3.63) is 43.0 Å². The Balaban J connectivity index is 1.33. The Morgan fingerprint density at radius 2 is 1.67 bits per heavy atom. The monoisotopic (exact) mass is 1080 g/mol. The molecule has 1 unspecified atom stereocenters. The van der Waals surface area contributed by atoms with Gasteiger partial charge in [0.2, 0.25) is 0 Å². The molecule has 0 aliphatic carbocycles. The molecule has 6 N–H and O–H groups in total. The van der Waals surface area contributed by atoms with Gasteiger partial charge in [-0.3, -0.25) is 23.9 Å². The van der Waals surface area contributed by atoms with Crippen molar-refractivity contribution in [1.82, 2.24) is 19.4 Å². The molecular formula is C52H89N7O17. The minimum Gasteiger partial charge on any atom is -0.463 e. The maximum absolute atomic E-state index is 14.5. The van der Waals surface area contributed by atoms with Crippen molar-refractivity contribution in [3.8, 4) is 0 Å². The average molecular weight is 1080 g/mol. The Labute approximate surface area is 446 Å². The lowest BCUT2D eigenvalue weighted by atomic mass is 9.77. The van der Waals surface area contributed by atoms with E-state index in [1.165, 1.54) is 24.8 Å². The van der Waals surface area contributed by atoms with Crippen LogP contribution in [0.5, 0.6) is 0 Å². The molecule has 4 aliphatic heterocycles. The van der Waals surface area contributed by atoms with E-state index < -0.39 is 144 Å². The topological polar surface area (TPSA) is 319 Å². The van der Waals surface area contributed by atoms with Gasteiger partial charge < -0.3 is 73.2 Å². The van der Waals surface area contributed by atoms with E-state index in [2.05, 4.69) is 15.0 Å². The van der Waals surface area contributed by atoms with Gasteiger partial charge >= 0.3 is 17.6 Å². The molecular weight excluding hydrogens is 995 g/mol. The number of H-pyrrole nitrogens is 1. The van der Waals surface area contributed by atoms with Crippen LogP contribution in [0.25, 0.3) is 10.4 Å². The largest absolute Gasteiger partial charge is 0.463 e. The fourth-order valence-corrected chi connectivity index (χ4v) is 11.7. The van der Waals surface area contributed by atoms with Crippen LogP contribution in [-0.4, -0.2) is 200 Å². The Morgan fingerprint density at radius 3 is 2.32 bits per heavy atom. The number of azide groups is 1. The number of esters is 2. The van der Waals surface area contributed by atoms with Gasteiger partial charge in [0.15, 0.2) is 12.6 Å². The number of carbonyl (C=O) groups is 2. The van der Waals surface area contributed by atoms with E-state index in [4.69, 9.17) is 37.9 Å². The summed E-state index contributed by atoms with van der Waals surface area (Å²) >= 11 is 0. The van der Waals surface area contributed by atoms with Crippen LogP contribution in [0.1, 0.15) is 132 Å². The zero-order valence-corrected chi connectivity index (χ0v) is 47.1. The van der Waals surface area contributed by atoms with E-state index in [1.54, 1.807) is 55.4 Å². The smallest absolute Gasteiger partial charge is 0.330 e. The van der Waals surface area contributed by atoms with Crippen LogP contribution in [-0.2, 0) is 47.5 Å². The number of likely N-dealkylation sites (N-methyl/N-ethyl adjacent to an activating group) is 2. The second kappa shape index (κ2) is 26.6. The molecule has 5 heterocycles. The van der Waals surface area contributed by atoms with Gasteiger partial charge in [-0.05, 0) is 120 Å². The average Bonchev–Trinajstić information content (AvgIpc) is 3.76. The van der Waals surface area contributed by atoms with Crippen LogP contribution >= 0.6 is 0 Å². The Hall–Kier alpha value is -3.59. The van der Waals surface area contributed by atoms with Gasteiger partial charge in [0.25, 0.3) is 5.56 Å². The van der Waals surface area contributed by atoms with Gasteiger partial charge in [-0.2, -0.15) is 0 Å². The van der Waals surface area contributed by atoms with Gasteiger partial charge in [-0.1, -0.05) is 25.9 Å². The first-order chi connectivity index (χ1) is 35.5. The summed E-state index contributed by atoms with van der Waals surface area (Å²) < 4.78 is 50.8. The molecule has 1 aromatic rings. The molecule has 0 bridgehead atoms. The van der Waals surface area contributed by atoms with E-state index in [-0.39, 0.29) is 44.6 Å². The number of methoxy groups -OCH3 is 1. The number of aryl methyl sites for hydroxylation is 1. The summed E-state index contributed by atoms with van der Waals surface area (Å²) in [6.45, 7) is 19.4. The third-order valence-corrected chi connectivity index (χ3v) is 16.5. The molecule has 24 nitrogen and oxygen atoms in total. The number of hydrogen-bond donors (Lipinski definition) is 6. The van der Waals surface area contributed by atoms with Crippen LogP contribution in [0.15, 0.2) is 20.9 Å². The summed E-state index contributed by atoms with van der Waals surface area (Å²) in [5.41, 5.74) is 3.62. The molecule has 24 heteroatoms. The number of nitrogens with zero attached hydrogens (tertiary/aromatic N) is 6. The van der Waals surface area contributed by atoms with Gasteiger partial charge in [0, 0.05) is 67.6 Å². The summed E-state index contributed by atoms with van der Waals surface area (Å²) in [6.07, 6.45) is -8.86. The minimum absolute atomic E-state index is 0.0549. The minimum atomic E-state index is -1.87. The molecule has 4 aliphatic rings. The number of aromatic amines is 1. The summed E-state index contributed by atoms with van der Waals surface area (Å²) in [6, 6.07) is -1.84. The molecule has 21 atom stereocenters. The predicted octanol–water partition coefficient (Wildman–Crippen LogP) is 2.81. The second-order valence-electron chi connectivity index (χ2n) is 22.9. The van der Waals surface area contributed by atoms with Crippen LogP contribution in [0.3, 0.4) is 0 Å². The summed E-state index contributed by atoms with van der Waals surface area (Å²) in [7, 11) is 5.15. The zero-order chi connectivity index (χ0) is 56.8. The van der Waals surface area contributed by atoms with E-state index in [0.29, 0.717) is 37.9 Å². The van der Waals surface area contributed by atoms with Crippen molar-refractivity contribution in [3.63, 3.8) is 0 Å². The molecule has 0 aromatic carbocycles. The van der Waals surface area contributed by atoms with Crippen molar-refractivity contribution in [1.29, 1.82) is 0 Å². The van der Waals surface area contributed by atoms with Crippen molar-refractivity contribution >= 4 is 11.9 Å². The normalized spacial score (nSPS) is 41.4. The quantitative estimate of drug-likeness (QED) is 0.0456. The number of unbranched alkanes of at least 4 members (excludes halogenated alkanes) is 1. The summed E-state index contributed by atoms with van der Waals surface area (Å²) in [5, 5.41) is 63.4. The first-order valence-electron chi connectivity index (χ1n) is 26.9. The van der Waals surface area contributed by atoms with Crippen molar-refractivity contribution in [2.75, 3.05) is 40.9 Å². The lowest BCUT2D eigenvalue weighted by Gasteiger charge is -2.49. The molecule has 5 rings (SSSR count). The molecule has 76 heavy (non-hydrogen) atoms. The Morgan fingerprint density at radius 1 is 0.987 bits per heavy atom. The molecule has 1 aromatic heterocycles. The zero-order valence-electron chi connectivity index (χ0n) is 47.1. The molecule has 4 saturated heterocycles. The number of nitrogens with one attached hydrogen (secondary N) is 1. The summed E-state index contributed by atoms with van der Waals surface area (Å²) in [5.74, 6) is -3.46. The highest BCUT2D eigenvalue weighted by Gasteiger charge is 2.53. The van der Waals surface area contributed by atoms with Crippen molar-refractivity contribution < 1.29 is 73.0 Å². The highest BCUT2D eigenvalue weighted by atomic mass is 16.7. The van der Waals surface area contributed by atoms with E-state index in [0.717, 1.165) is 0 Å². The van der Waals surface area contributed by atoms with Gasteiger partial charge in [-0.15, -0.1) is 0 Å². The van der Waals surface area contributed by atoms with Crippen LogP contribution in [0, 0.1) is 24.7 Å². The SMILES string of the molecule is CC[C@H]1OC(=O)[C@H](C)[C@@H](O[C@H]2C[C@@](C)(OC)[C@@H](O)[C@H](C)O2)[C@H](C)[C@@H](O[C@@H]2O[C@H](C)CC(N(C)CCCCC(=O)OC[C@H]3O[C@@H](n4cc(C)c(=O)[nH]c4=O)C[C@@H]3N=[N+]=[N-])[C@H]2O)[C@](C)(O)C[C@@H](C)CN(C)[C@H](C)[C@@H](O)[C@]1(C)O. The van der Waals surface area contributed by atoms with Gasteiger partial charge in [0.1, 0.15) is 49.0 Å². The number of aliphatic hydroxyl groups is 5. The van der Waals surface area contributed by atoms with Gasteiger partial charge in [0.05, 0.1) is 47.6 Å². The van der Waals surface area contributed by atoms with E-state index in [9.17, 15) is 50.2 Å². The number of ether oxygens (including phenoxy) is 8. The molecule has 0 amide bonds. The molecule has 0 radical (unpaired) electrons. The summed E-state index contributed by atoms with van der Waals surface area (Å²) in [4.78, 5) is 60.8. The first kappa shape index (κ1) is 63.2. The van der Waals surface area contributed by atoms with Crippen molar-refractivity contribution in [2.45, 2.75) is 236 Å². The Kier molecular flexibility index (Phi) is 22.1. The second-order valence-corrected chi connectivity index (χ2v) is 22.9. The van der Waals surface area contributed by atoms with Crippen LogP contribution < -0.4 is 11.2 Å². The van der Waals surface area contributed by atoms with Gasteiger partial charge in [-0.25, -0.2) is 4.79 Å². The first-order valence-corrected chi connectivity index (χ1v) is 26.9. The fraction of sp³-hybridized carbons (Fsp3) is 0.885. The third kappa shape index (κ3) is 15.0. The maximum Gasteiger partial charge on any atom is 0.330 e. The van der Waals surface area contributed by atoms with Crippen LogP contribution in [0.4, 0.5) is 0 Å². The highest BCUT2D eigenvalue weighted by Crippen LogP contribution is 2.40. The van der Waals surface area contributed by atoms with E-state index >= 15 is 0 Å². The number of carbonyl (C=O) groups excluding carboxylic acids is 2. The number of aliphatic hydroxyl groups excluding tert-OH is 3. The molecule has 0 saturated carbocycles. The number of cyclic esters (lactones) is 1. The molecule has 0 spiro atoms. The number of aromatic nitrogens is 2. The standard InChI is InChI=1S/C52H89N7O17/c1-15-37-52(11,68)43(62)32(7)58(13)24-27(2)22-50(9,67)45(30(5)42(31(6)47(65)74-37)75-40-23-51(10,69-14)44(63)33(8)72-40)76-48-41(61)35(20-29(4)71-48)57(12)19-17-16-18-39(60)70-26-36-34(55-56-53)21-38(73-36)59-25-28(3)46(64)54-49(59)66/h25,27,29-38,40-45,48,61-63,67-68H,15-24,26H2,1-14H3,(H,54,64,66)/t27-,29-,30+,31-,32-,33+,34+,35?,36-,37-,38-,40+,41-,42+,43-,44+,45-,48+,50-,51-,52-/m1/s1. The van der Waals surface area contributed by atoms with E-state index in [1.807, 2.05) is 37.7 Å². The fourth-order valence-electron chi connectivity index (χ4n) is 11.7. The van der Waals surface area contributed by atoms with Crippen molar-refractivity contribution in [2.24, 2.45) is 22.9 Å². The highest BCUT2D eigenvalue weighted by molar-refractivity contribution is 5.73. The number of rotatable bonds is 16. The molecule has 434 valence electrons. The third-order valence-electron chi connectivity index (χ3n) is 16.5. The lowest BCUT2D eigenvalue weighted by Crippen LogP contribution is -2.60. The Bertz CT molecular complexity index is 2240.